The summed E-state index contributed by atoms with van der Waals surface area (Å²) in [7, 11) is 0. The van der Waals surface area contributed by atoms with Crippen LogP contribution in [0.2, 0.25) is 0 Å². The number of rotatable bonds is 3. The molecule has 28 heavy (non-hydrogen) atoms. The van der Waals surface area contributed by atoms with Crippen molar-refractivity contribution in [3.8, 4) is 22.6 Å². The lowest BCUT2D eigenvalue weighted by molar-refractivity contribution is 0.338. The maximum absolute atomic E-state index is 6.14. The first-order valence-corrected chi connectivity index (χ1v) is 9.57. The Morgan fingerprint density at radius 3 is 2.79 bits per heavy atom. The highest BCUT2D eigenvalue weighted by molar-refractivity contribution is 5.81. The average molecular weight is 374 g/mol. The summed E-state index contributed by atoms with van der Waals surface area (Å²) in [6, 6.07) is 10.1. The fourth-order valence-electron chi connectivity index (χ4n) is 3.91. The first-order valence-electron chi connectivity index (χ1n) is 9.57. The van der Waals surface area contributed by atoms with E-state index in [4.69, 9.17) is 10.2 Å². The number of nitrogens with one attached hydrogen (secondary N) is 1. The summed E-state index contributed by atoms with van der Waals surface area (Å²) in [4.78, 5) is 8.96. The van der Waals surface area contributed by atoms with E-state index in [1.165, 1.54) is 0 Å². The predicted octanol–water partition coefficient (Wildman–Crippen LogP) is 3.57. The summed E-state index contributed by atoms with van der Waals surface area (Å²) in [6.07, 6.45) is 5.89. The van der Waals surface area contributed by atoms with E-state index in [0.29, 0.717) is 23.3 Å². The van der Waals surface area contributed by atoms with E-state index >= 15 is 0 Å². The number of oxazole rings is 1. The van der Waals surface area contributed by atoms with Crippen molar-refractivity contribution in [2.45, 2.75) is 25.8 Å². The molecule has 0 amide bonds. The van der Waals surface area contributed by atoms with Crippen molar-refractivity contribution in [2.24, 2.45) is 0 Å². The van der Waals surface area contributed by atoms with E-state index in [1.54, 1.807) is 6.20 Å². The molecule has 0 radical (unpaired) electrons. The van der Waals surface area contributed by atoms with E-state index < -0.39 is 0 Å². The monoisotopic (exact) mass is 374 g/mol. The number of hydrogen-bond acceptors (Lipinski definition) is 6. The third-order valence-corrected chi connectivity index (χ3v) is 5.45. The molecule has 3 aromatic heterocycles. The highest BCUT2D eigenvalue weighted by Crippen LogP contribution is 2.33. The molecule has 1 fully saturated rings. The Kier molecular flexibility index (Phi) is 4.09. The summed E-state index contributed by atoms with van der Waals surface area (Å²) < 4.78 is 8.04. The van der Waals surface area contributed by atoms with Crippen LogP contribution < -0.4 is 11.1 Å². The average Bonchev–Trinajstić information content (AvgIpc) is 3.32. The van der Waals surface area contributed by atoms with Crippen molar-refractivity contribution < 1.29 is 4.42 Å². The standard InChI is InChI=1S/C21H22N6O/c1-13-17(12-25-27(13)15-6-8-23-9-7-15)14-10-16(20(22)24-11-14)21-26-18-4-2-3-5-19(18)28-21/h2-5,10-12,15,23H,6-9H2,1H3,(H2,22,24). The van der Waals surface area contributed by atoms with Gasteiger partial charge >= 0.3 is 0 Å². The second-order valence-corrected chi connectivity index (χ2v) is 7.21. The van der Waals surface area contributed by atoms with Crippen molar-refractivity contribution in [2.75, 3.05) is 18.8 Å². The molecule has 4 aromatic rings. The lowest BCUT2D eigenvalue weighted by Gasteiger charge is -2.24. The largest absolute Gasteiger partial charge is 0.436 e. The minimum absolute atomic E-state index is 0.402. The van der Waals surface area contributed by atoms with Crippen LogP contribution in [0.4, 0.5) is 5.82 Å². The fraction of sp³-hybridized carbons (Fsp3) is 0.286. The van der Waals surface area contributed by atoms with Crippen LogP contribution in [0, 0.1) is 6.92 Å². The van der Waals surface area contributed by atoms with Crippen LogP contribution >= 0.6 is 0 Å². The number of aromatic nitrogens is 4. The molecule has 1 saturated heterocycles. The van der Waals surface area contributed by atoms with Crippen LogP contribution in [0.15, 0.2) is 47.1 Å². The van der Waals surface area contributed by atoms with Gasteiger partial charge in [0.15, 0.2) is 5.58 Å². The molecule has 1 aliphatic heterocycles. The molecular formula is C21H22N6O. The fourth-order valence-corrected chi connectivity index (χ4v) is 3.91. The molecule has 3 N–H and O–H groups in total. The number of piperidine rings is 1. The zero-order chi connectivity index (χ0) is 19.1. The van der Waals surface area contributed by atoms with Gasteiger partial charge in [-0.3, -0.25) is 4.68 Å². The van der Waals surface area contributed by atoms with Crippen molar-refractivity contribution in [3.05, 3.63) is 48.4 Å². The molecule has 0 unspecified atom stereocenters. The number of nitrogens with zero attached hydrogens (tertiary/aromatic N) is 4. The Morgan fingerprint density at radius 2 is 1.96 bits per heavy atom. The third-order valence-electron chi connectivity index (χ3n) is 5.45. The zero-order valence-electron chi connectivity index (χ0n) is 15.7. The van der Waals surface area contributed by atoms with Crippen molar-refractivity contribution in [3.63, 3.8) is 0 Å². The molecule has 0 spiro atoms. The van der Waals surface area contributed by atoms with Gasteiger partial charge in [-0.05, 0) is 51.1 Å². The number of pyridine rings is 1. The first kappa shape index (κ1) is 16.9. The van der Waals surface area contributed by atoms with E-state index in [1.807, 2.05) is 36.5 Å². The Bertz CT molecular complexity index is 1110. The lowest BCUT2D eigenvalue weighted by atomic mass is 10.0. The molecule has 0 bridgehead atoms. The van der Waals surface area contributed by atoms with Crippen molar-refractivity contribution in [1.82, 2.24) is 25.1 Å². The first-order chi connectivity index (χ1) is 13.7. The molecule has 1 aromatic carbocycles. The van der Waals surface area contributed by atoms with Gasteiger partial charge in [-0.1, -0.05) is 12.1 Å². The number of anilines is 1. The molecule has 1 aliphatic rings. The molecule has 0 atom stereocenters. The molecule has 142 valence electrons. The minimum atomic E-state index is 0.402. The highest BCUT2D eigenvalue weighted by Gasteiger charge is 2.20. The second kappa shape index (κ2) is 6.76. The van der Waals surface area contributed by atoms with Gasteiger partial charge in [0, 0.05) is 23.0 Å². The number of benzene rings is 1. The number of para-hydroxylation sites is 2. The Hall–Kier alpha value is -3.19. The topological polar surface area (TPSA) is 94.8 Å². The van der Waals surface area contributed by atoms with Crippen molar-refractivity contribution >= 4 is 16.9 Å². The van der Waals surface area contributed by atoms with Crippen LogP contribution in [-0.2, 0) is 0 Å². The van der Waals surface area contributed by atoms with Gasteiger partial charge in [-0.25, -0.2) is 9.97 Å². The van der Waals surface area contributed by atoms with E-state index in [2.05, 4.69) is 32.0 Å². The smallest absolute Gasteiger partial charge is 0.231 e. The molecule has 0 saturated carbocycles. The van der Waals surface area contributed by atoms with E-state index in [0.717, 1.165) is 53.9 Å². The van der Waals surface area contributed by atoms with Gasteiger partial charge in [-0.2, -0.15) is 5.10 Å². The maximum atomic E-state index is 6.14. The van der Waals surface area contributed by atoms with Crippen LogP contribution in [0.3, 0.4) is 0 Å². The second-order valence-electron chi connectivity index (χ2n) is 7.21. The lowest BCUT2D eigenvalue weighted by Crippen LogP contribution is -2.30. The molecular weight excluding hydrogens is 352 g/mol. The highest BCUT2D eigenvalue weighted by atomic mass is 16.3. The summed E-state index contributed by atoms with van der Waals surface area (Å²) >= 11 is 0. The third kappa shape index (κ3) is 2.84. The SMILES string of the molecule is Cc1c(-c2cnc(N)c(-c3nc4ccccc4o3)c2)cnn1C1CCNCC1. The maximum Gasteiger partial charge on any atom is 0.231 e. The van der Waals surface area contributed by atoms with Crippen LogP contribution in [0.25, 0.3) is 33.7 Å². The molecule has 5 rings (SSSR count). The molecule has 7 nitrogen and oxygen atoms in total. The normalized spacial score (nSPS) is 15.3. The number of fused-ring (bicyclic) bond motifs is 1. The van der Waals surface area contributed by atoms with Gasteiger partial charge in [0.25, 0.3) is 0 Å². The number of nitrogens with two attached hydrogens (primary N) is 1. The minimum Gasteiger partial charge on any atom is -0.436 e. The summed E-state index contributed by atoms with van der Waals surface area (Å²) in [5.41, 5.74) is 11.5. The van der Waals surface area contributed by atoms with Crippen LogP contribution in [-0.4, -0.2) is 32.8 Å². The summed E-state index contributed by atoms with van der Waals surface area (Å²) in [6.45, 7) is 4.18. The Labute approximate surface area is 162 Å². The van der Waals surface area contributed by atoms with E-state index in [-0.39, 0.29) is 0 Å². The quantitative estimate of drug-likeness (QED) is 0.569. The molecule has 7 heteroatoms. The van der Waals surface area contributed by atoms with Gasteiger partial charge in [-0.15, -0.1) is 0 Å². The van der Waals surface area contributed by atoms with Crippen LogP contribution in [0.1, 0.15) is 24.6 Å². The Morgan fingerprint density at radius 1 is 1.14 bits per heavy atom. The van der Waals surface area contributed by atoms with Crippen LogP contribution in [0.5, 0.6) is 0 Å². The van der Waals surface area contributed by atoms with Gasteiger partial charge in [0.1, 0.15) is 11.3 Å². The number of hydrogen-bond donors (Lipinski definition) is 2. The predicted molar refractivity (Wildman–Crippen MR) is 109 cm³/mol. The zero-order valence-corrected chi connectivity index (χ0v) is 15.7. The molecule has 4 heterocycles. The number of nitrogen functional groups attached to an aromatic ring is 1. The summed E-state index contributed by atoms with van der Waals surface area (Å²) in [5, 5.41) is 8.07. The van der Waals surface area contributed by atoms with Gasteiger partial charge in [0.05, 0.1) is 17.8 Å². The van der Waals surface area contributed by atoms with Gasteiger partial charge < -0.3 is 15.5 Å². The summed E-state index contributed by atoms with van der Waals surface area (Å²) in [5.74, 6) is 0.884. The van der Waals surface area contributed by atoms with E-state index in [9.17, 15) is 0 Å². The molecule has 0 aliphatic carbocycles. The van der Waals surface area contributed by atoms with Crippen molar-refractivity contribution in [1.29, 1.82) is 0 Å². The Balaban J connectivity index is 1.55. The van der Waals surface area contributed by atoms with Gasteiger partial charge in [0.2, 0.25) is 5.89 Å².